The highest BCUT2D eigenvalue weighted by Gasteiger charge is 2.63. The molecule has 22 heavy (non-hydrogen) atoms. The molecule has 2 fully saturated rings. The van der Waals surface area contributed by atoms with Gasteiger partial charge in [0.25, 0.3) is 0 Å². The Hall–Kier alpha value is -0.400. The van der Waals surface area contributed by atoms with Crippen molar-refractivity contribution in [3.8, 4) is 0 Å². The fourth-order valence-electron chi connectivity index (χ4n) is 3.40. The molecule has 130 valence electrons. The molecule has 3 N–H and O–H groups in total. The zero-order chi connectivity index (χ0) is 15.7. The van der Waals surface area contributed by atoms with Crippen molar-refractivity contribution in [3.05, 3.63) is 0 Å². The molecule has 1 aliphatic heterocycles. The summed E-state index contributed by atoms with van der Waals surface area (Å²) < 4.78 is 5.69. The SMILES string of the molecule is CCOC1CC(N)(C(=O)N2CCN(CCO)CC2)C1(C)C.Cl. The molecule has 7 heteroatoms. The van der Waals surface area contributed by atoms with E-state index in [1.54, 1.807) is 0 Å². The summed E-state index contributed by atoms with van der Waals surface area (Å²) in [6.45, 7) is 10.5. The molecule has 2 rings (SSSR count). The second-order valence-corrected chi connectivity index (χ2v) is 6.70. The van der Waals surface area contributed by atoms with E-state index in [-0.39, 0.29) is 36.4 Å². The van der Waals surface area contributed by atoms with Crippen LogP contribution in [0.15, 0.2) is 0 Å². The highest BCUT2D eigenvalue weighted by molar-refractivity contribution is 5.89. The second-order valence-electron chi connectivity index (χ2n) is 6.70. The first-order valence-electron chi connectivity index (χ1n) is 7.90. The topological polar surface area (TPSA) is 79.0 Å². The van der Waals surface area contributed by atoms with Gasteiger partial charge < -0.3 is 20.5 Å². The largest absolute Gasteiger partial charge is 0.395 e. The van der Waals surface area contributed by atoms with Gasteiger partial charge in [-0.2, -0.15) is 0 Å². The molecule has 2 atom stereocenters. The maximum Gasteiger partial charge on any atom is 0.243 e. The van der Waals surface area contributed by atoms with Crippen LogP contribution in [0.5, 0.6) is 0 Å². The summed E-state index contributed by atoms with van der Waals surface area (Å²) >= 11 is 0. The van der Waals surface area contributed by atoms with Gasteiger partial charge in [0.05, 0.1) is 12.7 Å². The van der Waals surface area contributed by atoms with E-state index in [0.29, 0.717) is 32.7 Å². The van der Waals surface area contributed by atoms with Crippen LogP contribution in [0.3, 0.4) is 0 Å². The third-order valence-electron chi connectivity index (χ3n) is 5.29. The number of hydrogen-bond donors (Lipinski definition) is 2. The zero-order valence-corrected chi connectivity index (χ0v) is 14.7. The molecule has 0 aromatic rings. The zero-order valence-electron chi connectivity index (χ0n) is 13.9. The quantitative estimate of drug-likeness (QED) is 0.743. The molecular formula is C15H30ClN3O3. The third-order valence-corrected chi connectivity index (χ3v) is 5.29. The van der Waals surface area contributed by atoms with E-state index >= 15 is 0 Å². The van der Waals surface area contributed by atoms with Crippen molar-refractivity contribution in [2.45, 2.75) is 38.8 Å². The minimum atomic E-state index is -0.814. The lowest BCUT2D eigenvalue weighted by molar-refractivity contribution is -0.180. The second kappa shape index (κ2) is 7.45. The van der Waals surface area contributed by atoms with Gasteiger partial charge in [0.15, 0.2) is 0 Å². The molecule has 2 aliphatic rings. The number of hydrogen-bond acceptors (Lipinski definition) is 5. The lowest BCUT2D eigenvalue weighted by Crippen LogP contribution is -2.76. The number of nitrogens with two attached hydrogens (primary N) is 1. The molecule has 1 amide bonds. The number of β-amino-alcohol motifs (C(OH)–C–C–N with tert-alkyl or cyclic N) is 1. The first-order chi connectivity index (χ1) is 9.86. The Balaban J connectivity index is 0.00000242. The first kappa shape index (κ1) is 19.6. The van der Waals surface area contributed by atoms with Crippen molar-refractivity contribution in [2.75, 3.05) is 45.9 Å². The average Bonchev–Trinajstić information content (AvgIpc) is 2.47. The third kappa shape index (κ3) is 3.26. The highest BCUT2D eigenvalue weighted by Crippen LogP contribution is 2.50. The normalized spacial score (nSPS) is 31.3. The molecule has 0 spiro atoms. The molecular weight excluding hydrogens is 306 g/mol. The molecule has 2 unspecified atom stereocenters. The number of aliphatic hydroxyl groups excluding tert-OH is 1. The Kier molecular flexibility index (Phi) is 6.65. The van der Waals surface area contributed by atoms with Crippen LogP contribution in [0.4, 0.5) is 0 Å². The van der Waals surface area contributed by atoms with Gasteiger partial charge in [-0.3, -0.25) is 9.69 Å². The summed E-state index contributed by atoms with van der Waals surface area (Å²) in [7, 11) is 0. The molecule has 1 heterocycles. The van der Waals surface area contributed by atoms with Gasteiger partial charge in [-0.1, -0.05) is 13.8 Å². The smallest absolute Gasteiger partial charge is 0.243 e. The highest BCUT2D eigenvalue weighted by atomic mass is 35.5. The summed E-state index contributed by atoms with van der Waals surface area (Å²) in [5.41, 5.74) is 5.30. The molecule has 1 saturated heterocycles. The number of carbonyl (C=O) groups excluding carboxylic acids is 1. The van der Waals surface area contributed by atoms with Gasteiger partial charge in [0.2, 0.25) is 5.91 Å². The Morgan fingerprint density at radius 2 is 1.91 bits per heavy atom. The summed E-state index contributed by atoms with van der Waals surface area (Å²) in [5, 5.41) is 8.96. The van der Waals surface area contributed by atoms with E-state index in [2.05, 4.69) is 4.90 Å². The van der Waals surface area contributed by atoms with Crippen LogP contribution in [-0.2, 0) is 9.53 Å². The summed E-state index contributed by atoms with van der Waals surface area (Å²) in [6.07, 6.45) is 0.663. The number of aliphatic hydroxyl groups is 1. The molecule has 1 aliphatic carbocycles. The van der Waals surface area contributed by atoms with Gasteiger partial charge in [0.1, 0.15) is 5.54 Å². The Morgan fingerprint density at radius 1 is 1.32 bits per heavy atom. The van der Waals surface area contributed by atoms with Crippen molar-refractivity contribution >= 4 is 18.3 Å². The van der Waals surface area contributed by atoms with Crippen LogP contribution < -0.4 is 5.73 Å². The maximum atomic E-state index is 12.8. The molecule has 0 aromatic heterocycles. The fraction of sp³-hybridized carbons (Fsp3) is 0.933. The monoisotopic (exact) mass is 335 g/mol. The number of ether oxygens (including phenoxy) is 1. The van der Waals surface area contributed by atoms with E-state index in [4.69, 9.17) is 15.6 Å². The fourth-order valence-corrected chi connectivity index (χ4v) is 3.40. The lowest BCUT2D eigenvalue weighted by Gasteiger charge is -2.59. The van der Waals surface area contributed by atoms with Gasteiger partial charge in [0, 0.05) is 51.2 Å². The maximum absolute atomic E-state index is 12.8. The van der Waals surface area contributed by atoms with Crippen molar-refractivity contribution in [1.29, 1.82) is 0 Å². The lowest BCUT2D eigenvalue weighted by atomic mass is 9.54. The summed E-state index contributed by atoms with van der Waals surface area (Å²) in [5.74, 6) is 0.0482. The molecule has 6 nitrogen and oxygen atoms in total. The van der Waals surface area contributed by atoms with Crippen LogP contribution in [0.2, 0.25) is 0 Å². The van der Waals surface area contributed by atoms with Crippen molar-refractivity contribution in [3.63, 3.8) is 0 Å². The van der Waals surface area contributed by atoms with Gasteiger partial charge in [-0.25, -0.2) is 0 Å². The molecule has 0 bridgehead atoms. The van der Waals surface area contributed by atoms with Crippen LogP contribution in [0.1, 0.15) is 27.2 Å². The Morgan fingerprint density at radius 3 is 2.36 bits per heavy atom. The molecule has 1 saturated carbocycles. The average molecular weight is 336 g/mol. The van der Waals surface area contributed by atoms with Crippen LogP contribution in [0, 0.1) is 5.41 Å². The van der Waals surface area contributed by atoms with Crippen LogP contribution in [-0.4, -0.2) is 78.4 Å². The van der Waals surface area contributed by atoms with Crippen molar-refractivity contribution in [2.24, 2.45) is 11.1 Å². The van der Waals surface area contributed by atoms with Gasteiger partial charge >= 0.3 is 0 Å². The van der Waals surface area contributed by atoms with Gasteiger partial charge in [-0.05, 0) is 6.92 Å². The van der Waals surface area contributed by atoms with E-state index < -0.39 is 5.54 Å². The predicted octanol–water partition coefficient (Wildman–Crippen LogP) is 0.0772. The number of piperazine rings is 1. The standard InChI is InChI=1S/C15H29N3O3.ClH/c1-4-21-12-11-15(16,14(12,2)3)13(20)18-7-5-17(6-8-18)9-10-19;/h12,19H,4-11,16H2,1-3H3;1H. The van der Waals surface area contributed by atoms with Crippen molar-refractivity contribution < 1.29 is 14.6 Å². The van der Waals surface area contributed by atoms with E-state index in [9.17, 15) is 4.79 Å². The predicted molar refractivity (Wildman–Crippen MR) is 88.1 cm³/mol. The van der Waals surface area contributed by atoms with E-state index in [1.165, 1.54) is 0 Å². The van der Waals surface area contributed by atoms with Crippen molar-refractivity contribution in [1.82, 2.24) is 9.80 Å². The number of nitrogens with zero attached hydrogens (tertiary/aromatic N) is 2. The molecule has 0 radical (unpaired) electrons. The van der Waals surface area contributed by atoms with E-state index in [0.717, 1.165) is 13.1 Å². The number of carbonyl (C=O) groups is 1. The van der Waals surface area contributed by atoms with Gasteiger partial charge in [-0.15, -0.1) is 12.4 Å². The van der Waals surface area contributed by atoms with E-state index in [1.807, 2.05) is 25.7 Å². The Labute approximate surface area is 139 Å². The number of amides is 1. The minimum absolute atomic E-state index is 0. The minimum Gasteiger partial charge on any atom is -0.395 e. The first-order valence-corrected chi connectivity index (χ1v) is 7.90. The van der Waals surface area contributed by atoms with Crippen LogP contribution in [0.25, 0.3) is 0 Å². The molecule has 0 aromatic carbocycles. The Bertz CT molecular complexity index is 386. The summed E-state index contributed by atoms with van der Waals surface area (Å²) in [6, 6.07) is 0. The van der Waals surface area contributed by atoms with Crippen LogP contribution >= 0.6 is 12.4 Å². The number of halogens is 1. The summed E-state index contributed by atoms with van der Waals surface area (Å²) in [4.78, 5) is 16.9. The number of rotatable bonds is 5.